The molecule has 5 heteroatoms. The van der Waals surface area contributed by atoms with E-state index in [1.165, 1.54) is 0 Å². The highest BCUT2D eigenvalue weighted by Gasteiger charge is 2.18. The van der Waals surface area contributed by atoms with Gasteiger partial charge in [0.15, 0.2) is 5.78 Å². The fourth-order valence-corrected chi connectivity index (χ4v) is 2.62. The molecular formula is C22H25NO4. The van der Waals surface area contributed by atoms with Crippen molar-refractivity contribution in [3.63, 3.8) is 0 Å². The third-order valence-corrected chi connectivity index (χ3v) is 4.18. The molecule has 0 aliphatic rings. The van der Waals surface area contributed by atoms with Gasteiger partial charge in [0.2, 0.25) is 5.91 Å². The highest BCUT2D eigenvalue weighted by molar-refractivity contribution is 6.09. The first-order valence-electron chi connectivity index (χ1n) is 9.16. The van der Waals surface area contributed by atoms with Gasteiger partial charge < -0.3 is 10.1 Å². The monoisotopic (exact) mass is 367 g/mol. The van der Waals surface area contributed by atoms with E-state index < -0.39 is 5.92 Å². The molecule has 2 aromatic carbocycles. The van der Waals surface area contributed by atoms with Crippen molar-refractivity contribution in [2.45, 2.75) is 32.6 Å². The molecule has 2 aromatic rings. The van der Waals surface area contributed by atoms with Crippen LogP contribution in [0.5, 0.6) is 0 Å². The Balaban J connectivity index is 1.94. The first-order chi connectivity index (χ1) is 13.0. The summed E-state index contributed by atoms with van der Waals surface area (Å²) < 4.78 is 5.23. The van der Waals surface area contributed by atoms with Crippen LogP contribution in [0.2, 0.25) is 0 Å². The van der Waals surface area contributed by atoms with E-state index in [1.807, 2.05) is 25.1 Å². The number of ether oxygens (including phenoxy) is 1. The van der Waals surface area contributed by atoms with Crippen LogP contribution in [0.15, 0.2) is 54.6 Å². The maximum atomic E-state index is 12.6. The van der Waals surface area contributed by atoms with Crippen LogP contribution in [0.25, 0.3) is 0 Å². The third kappa shape index (κ3) is 6.06. The largest absolute Gasteiger partial charge is 0.463 e. The average molecular weight is 367 g/mol. The first-order valence-corrected chi connectivity index (χ1v) is 9.16. The minimum absolute atomic E-state index is 0.0475. The Bertz CT molecular complexity index is 786. The molecule has 0 aliphatic heterocycles. The van der Waals surface area contributed by atoms with Gasteiger partial charge in [-0.3, -0.25) is 14.4 Å². The number of carbonyl (C=O) groups is 3. The summed E-state index contributed by atoms with van der Waals surface area (Å²) in [6.07, 6.45) is 1.24. The number of nitrogens with one attached hydrogen (secondary N) is 1. The Morgan fingerprint density at radius 2 is 1.70 bits per heavy atom. The van der Waals surface area contributed by atoms with Gasteiger partial charge in [0, 0.05) is 17.5 Å². The molecule has 1 atom stereocenters. The molecule has 5 nitrogen and oxygen atoms in total. The molecular weight excluding hydrogens is 342 g/mol. The van der Waals surface area contributed by atoms with Crippen LogP contribution in [0.1, 0.15) is 54.1 Å². The van der Waals surface area contributed by atoms with Gasteiger partial charge in [-0.05, 0) is 25.0 Å². The zero-order valence-electron chi connectivity index (χ0n) is 15.7. The molecule has 1 unspecified atom stereocenters. The van der Waals surface area contributed by atoms with Crippen LogP contribution < -0.4 is 5.32 Å². The van der Waals surface area contributed by atoms with Gasteiger partial charge in [-0.2, -0.15) is 0 Å². The molecule has 1 N–H and O–H groups in total. The van der Waals surface area contributed by atoms with Crippen molar-refractivity contribution >= 4 is 17.7 Å². The summed E-state index contributed by atoms with van der Waals surface area (Å²) in [7, 11) is 0. The van der Waals surface area contributed by atoms with Crippen molar-refractivity contribution in [2.24, 2.45) is 0 Å². The fourth-order valence-electron chi connectivity index (χ4n) is 2.62. The fraction of sp³-hybridized carbons (Fsp3) is 0.318. The predicted molar refractivity (Wildman–Crippen MR) is 104 cm³/mol. The lowest BCUT2D eigenvalue weighted by Crippen LogP contribution is -2.28. The Morgan fingerprint density at radius 1 is 1.00 bits per heavy atom. The molecule has 0 aliphatic carbocycles. The Morgan fingerprint density at radius 3 is 2.41 bits per heavy atom. The van der Waals surface area contributed by atoms with Gasteiger partial charge in [0.1, 0.15) is 6.61 Å². The number of hydrogen-bond acceptors (Lipinski definition) is 4. The summed E-state index contributed by atoms with van der Waals surface area (Å²) >= 11 is 0. The lowest BCUT2D eigenvalue weighted by Gasteiger charge is -2.13. The minimum Gasteiger partial charge on any atom is -0.463 e. The van der Waals surface area contributed by atoms with E-state index in [4.69, 9.17) is 4.74 Å². The summed E-state index contributed by atoms with van der Waals surface area (Å²) in [4.78, 5) is 36.2. The van der Waals surface area contributed by atoms with Gasteiger partial charge in [0.05, 0.1) is 12.5 Å². The summed E-state index contributed by atoms with van der Waals surface area (Å²) in [6.45, 7) is 4.09. The summed E-state index contributed by atoms with van der Waals surface area (Å²) in [5.41, 5.74) is 1.86. The molecule has 2 rings (SSSR count). The molecule has 0 saturated carbocycles. The van der Waals surface area contributed by atoms with Crippen molar-refractivity contribution < 1.29 is 19.1 Å². The molecule has 0 aromatic heterocycles. The average Bonchev–Trinajstić information content (AvgIpc) is 2.71. The van der Waals surface area contributed by atoms with Crippen LogP contribution in [0.4, 0.5) is 0 Å². The second kappa shape index (κ2) is 10.3. The SMILES string of the molecule is CCCC(=O)NCCOC(=O)C(C)c1cccc(C(=O)c2ccccc2)c1. The molecule has 0 fully saturated rings. The van der Waals surface area contributed by atoms with Gasteiger partial charge in [-0.1, -0.05) is 55.5 Å². The van der Waals surface area contributed by atoms with Crippen LogP contribution in [-0.4, -0.2) is 30.8 Å². The molecule has 27 heavy (non-hydrogen) atoms. The molecule has 0 saturated heterocycles. The minimum atomic E-state index is -0.500. The van der Waals surface area contributed by atoms with Crippen molar-refractivity contribution in [2.75, 3.05) is 13.2 Å². The molecule has 0 bridgehead atoms. The molecule has 142 valence electrons. The lowest BCUT2D eigenvalue weighted by molar-refractivity contribution is -0.145. The van der Waals surface area contributed by atoms with E-state index in [-0.39, 0.29) is 24.3 Å². The van der Waals surface area contributed by atoms with Gasteiger partial charge >= 0.3 is 5.97 Å². The smallest absolute Gasteiger partial charge is 0.313 e. The number of carbonyl (C=O) groups excluding carboxylic acids is 3. The van der Waals surface area contributed by atoms with Crippen molar-refractivity contribution in [1.29, 1.82) is 0 Å². The first kappa shape index (κ1) is 20.4. The predicted octanol–water partition coefficient (Wildman–Crippen LogP) is 3.48. The number of ketones is 1. The van der Waals surface area contributed by atoms with E-state index in [1.54, 1.807) is 43.3 Å². The van der Waals surface area contributed by atoms with E-state index >= 15 is 0 Å². The number of rotatable bonds is 9. The van der Waals surface area contributed by atoms with Crippen LogP contribution in [0, 0.1) is 0 Å². The molecule has 1 amide bonds. The second-order valence-electron chi connectivity index (χ2n) is 6.31. The van der Waals surface area contributed by atoms with Crippen molar-refractivity contribution in [3.05, 3.63) is 71.3 Å². The highest BCUT2D eigenvalue weighted by atomic mass is 16.5. The maximum Gasteiger partial charge on any atom is 0.313 e. The number of amides is 1. The zero-order chi connectivity index (χ0) is 19.6. The second-order valence-corrected chi connectivity index (χ2v) is 6.31. The van der Waals surface area contributed by atoms with Crippen LogP contribution in [-0.2, 0) is 14.3 Å². The zero-order valence-corrected chi connectivity index (χ0v) is 15.7. The van der Waals surface area contributed by atoms with Gasteiger partial charge in [0.25, 0.3) is 0 Å². The quantitative estimate of drug-likeness (QED) is 0.418. The van der Waals surface area contributed by atoms with Gasteiger partial charge in [-0.25, -0.2) is 0 Å². The topological polar surface area (TPSA) is 72.5 Å². The normalized spacial score (nSPS) is 11.5. The summed E-state index contributed by atoms with van der Waals surface area (Å²) in [5.74, 6) is -1.02. The van der Waals surface area contributed by atoms with Crippen LogP contribution >= 0.6 is 0 Å². The van der Waals surface area contributed by atoms with Gasteiger partial charge in [-0.15, -0.1) is 0 Å². The van der Waals surface area contributed by atoms with Crippen molar-refractivity contribution in [3.8, 4) is 0 Å². The summed E-state index contributed by atoms with van der Waals surface area (Å²) in [6, 6.07) is 16.0. The Kier molecular flexibility index (Phi) is 7.74. The molecule has 0 radical (unpaired) electrons. The van der Waals surface area contributed by atoms with E-state index in [9.17, 15) is 14.4 Å². The number of benzene rings is 2. The van der Waals surface area contributed by atoms with Crippen LogP contribution in [0.3, 0.4) is 0 Å². The van der Waals surface area contributed by atoms with Crippen molar-refractivity contribution in [1.82, 2.24) is 5.32 Å². The van der Waals surface area contributed by atoms with E-state index in [0.29, 0.717) is 24.1 Å². The Labute approximate surface area is 159 Å². The van der Waals surface area contributed by atoms with E-state index in [2.05, 4.69) is 5.32 Å². The Hall–Kier alpha value is -2.95. The third-order valence-electron chi connectivity index (χ3n) is 4.18. The highest BCUT2D eigenvalue weighted by Crippen LogP contribution is 2.20. The molecule has 0 heterocycles. The standard InChI is InChI=1S/C22H25NO4/c1-3-8-20(24)23-13-14-27-22(26)16(2)18-11-7-12-19(15-18)21(25)17-9-5-4-6-10-17/h4-7,9-12,15-16H,3,8,13-14H2,1-2H3,(H,23,24). The molecule has 0 spiro atoms. The van der Waals surface area contributed by atoms with E-state index in [0.717, 1.165) is 12.0 Å². The maximum absolute atomic E-state index is 12.6. The summed E-state index contributed by atoms with van der Waals surface area (Å²) in [5, 5.41) is 2.70. The number of esters is 1. The number of hydrogen-bond donors (Lipinski definition) is 1. The lowest BCUT2D eigenvalue weighted by atomic mass is 9.96.